The Hall–Kier alpha value is -1.63. The van der Waals surface area contributed by atoms with Gasteiger partial charge in [-0.05, 0) is 94.9 Å². The average molecular weight is 527 g/mol. The molecule has 2 saturated carbocycles. The third-order valence-electron chi connectivity index (χ3n) is 9.28. The number of benzene rings is 1. The van der Waals surface area contributed by atoms with Crippen LogP contribution in [0.1, 0.15) is 95.5 Å². The van der Waals surface area contributed by atoms with Crippen LogP contribution in [0, 0.1) is 11.8 Å². The van der Waals surface area contributed by atoms with Crippen LogP contribution in [0.5, 0.6) is 0 Å². The fraction of sp³-hybridized carbons (Fsp3) is 0.781. The van der Waals surface area contributed by atoms with Crippen molar-refractivity contribution >= 4 is 6.09 Å². The number of hydrogen-bond acceptors (Lipinski definition) is 5. The van der Waals surface area contributed by atoms with Gasteiger partial charge in [0.05, 0.1) is 0 Å². The second-order valence-corrected chi connectivity index (χ2v) is 12.3. The molecule has 2 saturated heterocycles. The molecule has 1 aromatic carbocycles. The molecular weight excluding hydrogens is 472 g/mol. The molecule has 0 unspecified atom stereocenters. The van der Waals surface area contributed by atoms with Gasteiger partial charge in [-0.3, -0.25) is 0 Å². The Bertz CT molecular complexity index is 779. The summed E-state index contributed by atoms with van der Waals surface area (Å²) in [5.74, 6) is 1.36. The molecule has 1 aromatic rings. The highest BCUT2D eigenvalue weighted by molar-refractivity contribution is 5.67. The van der Waals surface area contributed by atoms with Gasteiger partial charge in [0.1, 0.15) is 6.61 Å². The van der Waals surface area contributed by atoms with Crippen LogP contribution in [0.25, 0.3) is 0 Å². The number of ether oxygens (including phenoxy) is 1. The molecule has 214 valence electrons. The zero-order chi connectivity index (χ0) is 26.4. The summed E-state index contributed by atoms with van der Waals surface area (Å²) in [6.45, 7) is 7.84. The van der Waals surface area contributed by atoms with Gasteiger partial charge >= 0.3 is 6.09 Å². The minimum atomic E-state index is -0.269. The van der Waals surface area contributed by atoms with E-state index in [0.29, 0.717) is 18.6 Å². The van der Waals surface area contributed by atoms with Crippen molar-refractivity contribution in [2.75, 3.05) is 39.3 Å². The first kappa shape index (κ1) is 29.4. The molecule has 2 aliphatic carbocycles. The van der Waals surface area contributed by atoms with Gasteiger partial charge in [0, 0.05) is 25.2 Å². The predicted octanol–water partition coefficient (Wildman–Crippen LogP) is 5.95. The standard InChI is InChI=1S/C20H30N2O2.C12H24N2/c23-20(24-16-17-9-3-1-4-10-17)21-19-12-6-5-11-18(19)15-22-13-7-2-8-14-22;13-12-7-3-2-6-11(12)10-14-8-4-1-5-9-14/h1,3-4,9-10,18-19H,2,5-8,11-16H2,(H,21,23);11-12H,1-10,13H2/t18-,19+;11-,12+/m00/s1. The number of nitrogens with zero attached hydrogens (tertiary/aromatic N) is 2. The summed E-state index contributed by atoms with van der Waals surface area (Å²) in [5, 5.41) is 3.14. The smallest absolute Gasteiger partial charge is 0.407 e. The molecule has 0 aromatic heterocycles. The Morgan fingerprint density at radius 1 is 0.737 bits per heavy atom. The second kappa shape index (κ2) is 16.5. The highest BCUT2D eigenvalue weighted by Crippen LogP contribution is 2.27. The van der Waals surface area contributed by atoms with Gasteiger partial charge in [-0.1, -0.05) is 68.9 Å². The number of likely N-dealkylation sites (tertiary alicyclic amines) is 2. The first-order chi connectivity index (χ1) is 18.7. The van der Waals surface area contributed by atoms with Crippen molar-refractivity contribution in [3.05, 3.63) is 35.9 Å². The van der Waals surface area contributed by atoms with E-state index in [0.717, 1.165) is 24.4 Å². The summed E-state index contributed by atoms with van der Waals surface area (Å²) in [6.07, 6.45) is 18.2. The molecule has 0 radical (unpaired) electrons. The minimum Gasteiger partial charge on any atom is -0.445 e. The summed E-state index contributed by atoms with van der Waals surface area (Å²) in [4.78, 5) is 17.4. The number of nitrogens with two attached hydrogens (primary N) is 1. The molecule has 6 nitrogen and oxygen atoms in total. The maximum Gasteiger partial charge on any atom is 0.407 e. The monoisotopic (exact) mass is 526 g/mol. The zero-order valence-corrected chi connectivity index (χ0v) is 23.8. The molecule has 4 fully saturated rings. The van der Waals surface area contributed by atoms with E-state index in [1.165, 1.54) is 116 Å². The second-order valence-electron chi connectivity index (χ2n) is 12.3. The van der Waals surface area contributed by atoms with E-state index in [-0.39, 0.29) is 12.1 Å². The van der Waals surface area contributed by atoms with Crippen LogP contribution in [-0.4, -0.2) is 67.2 Å². The molecular formula is C32H54N4O2. The number of carbonyl (C=O) groups is 1. The predicted molar refractivity (Wildman–Crippen MR) is 156 cm³/mol. The van der Waals surface area contributed by atoms with E-state index in [1.807, 2.05) is 30.3 Å². The van der Waals surface area contributed by atoms with Crippen molar-refractivity contribution in [3.8, 4) is 0 Å². The number of piperidine rings is 2. The number of carbonyl (C=O) groups excluding carboxylic acids is 1. The lowest BCUT2D eigenvalue weighted by Crippen LogP contribution is -2.47. The largest absolute Gasteiger partial charge is 0.445 e. The number of alkyl carbamates (subject to hydrolysis) is 1. The molecule has 0 bridgehead atoms. The average Bonchev–Trinajstić information content (AvgIpc) is 2.96. The van der Waals surface area contributed by atoms with E-state index in [4.69, 9.17) is 10.5 Å². The summed E-state index contributed by atoms with van der Waals surface area (Å²) >= 11 is 0. The summed E-state index contributed by atoms with van der Waals surface area (Å²) in [7, 11) is 0. The van der Waals surface area contributed by atoms with E-state index >= 15 is 0 Å². The first-order valence-corrected chi connectivity index (χ1v) is 15.8. The van der Waals surface area contributed by atoms with Gasteiger partial charge in [0.25, 0.3) is 0 Å². The number of amides is 1. The van der Waals surface area contributed by atoms with Gasteiger partial charge in [0.15, 0.2) is 0 Å². The normalized spacial score (nSPS) is 29.1. The van der Waals surface area contributed by atoms with Crippen LogP contribution in [0.3, 0.4) is 0 Å². The van der Waals surface area contributed by atoms with E-state index in [2.05, 4.69) is 15.1 Å². The molecule has 38 heavy (non-hydrogen) atoms. The molecule has 0 spiro atoms. The summed E-state index contributed by atoms with van der Waals surface area (Å²) in [5.41, 5.74) is 7.20. The quantitative estimate of drug-likeness (QED) is 0.460. The van der Waals surface area contributed by atoms with E-state index in [1.54, 1.807) is 0 Å². The van der Waals surface area contributed by atoms with Crippen LogP contribution < -0.4 is 11.1 Å². The Balaban J connectivity index is 0.000000204. The number of nitrogens with one attached hydrogen (secondary N) is 1. The lowest BCUT2D eigenvalue weighted by molar-refractivity contribution is 0.114. The van der Waals surface area contributed by atoms with E-state index < -0.39 is 0 Å². The molecule has 3 N–H and O–H groups in total. The van der Waals surface area contributed by atoms with Crippen LogP contribution in [-0.2, 0) is 11.3 Å². The van der Waals surface area contributed by atoms with Crippen molar-refractivity contribution < 1.29 is 9.53 Å². The van der Waals surface area contributed by atoms with Gasteiger partial charge in [-0.15, -0.1) is 0 Å². The maximum atomic E-state index is 12.2. The Kier molecular flexibility index (Phi) is 12.7. The topological polar surface area (TPSA) is 70.8 Å². The molecule has 5 rings (SSSR count). The van der Waals surface area contributed by atoms with Crippen LogP contribution >= 0.6 is 0 Å². The summed E-state index contributed by atoms with van der Waals surface area (Å²) in [6, 6.07) is 10.6. The van der Waals surface area contributed by atoms with Gasteiger partial charge in [0.2, 0.25) is 0 Å². The van der Waals surface area contributed by atoms with Gasteiger partial charge in [-0.2, -0.15) is 0 Å². The third kappa shape index (κ3) is 10.2. The molecule has 6 heteroatoms. The van der Waals surface area contributed by atoms with Crippen LogP contribution in [0.2, 0.25) is 0 Å². The summed E-state index contributed by atoms with van der Waals surface area (Å²) < 4.78 is 5.41. The SMILES string of the molecule is N[C@@H]1CCCC[C@H]1CN1CCCCC1.O=C(N[C@@H]1CCCC[C@H]1CN1CCCCC1)OCc1ccccc1. The molecule has 1 amide bonds. The molecule has 4 aliphatic rings. The highest BCUT2D eigenvalue weighted by Gasteiger charge is 2.29. The lowest BCUT2D eigenvalue weighted by Gasteiger charge is -2.37. The molecule has 4 atom stereocenters. The van der Waals surface area contributed by atoms with Crippen LogP contribution in [0.15, 0.2) is 30.3 Å². The van der Waals surface area contributed by atoms with Crippen molar-refractivity contribution in [2.45, 2.75) is 109 Å². The van der Waals surface area contributed by atoms with Crippen LogP contribution in [0.4, 0.5) is 4.79 Å². The number of hydrogen-bond donors (Lipinski definition) is 2. The third-order valence-corrected chi connectivity index (χ3v) is 9.28. The Labute approximate surface area is 232 Å². The first-order valence-electron chi connectivity index (χ1n) is 15.8. The highest BCUT2D eigenvalue weighted by atomic mass is 16.5. The van der Waals surface area contributed by atoms with Crippen molar-refractivity contribution in [2.24, 2.45) is 17.6 Å². The Morgan fingerprint density at radius 2 is 1.29 bits per heavy atom. The minimum absolute atomic E-state index is 0.268. The fourth-order valence-corrected chi connectivity index (χ4v) is 6.94. The van der Waals surface area contributed by atoms with Gasteiger partial charge < -0.3 is 25.6 Å². The molecule has 2 aliphatic heterocycles. The Morgan fingerprint density at radius 3 is 1.92 bits per heavy atom. The van der Waals surface area contributed by atoms with Crippen molar-refractivity contribution in [1.82, 2.24) is 15.1 Å². The maximum absolute atomic E-state index is 12.2. The fourth-order valence-electron chi connectivity index (χ4n) is 6.94. The van der Waals surface area contributed by atoms with Crippen molar-refractivity contribution in [1.29, 1.82) is 0 Å². The van der Waals surface area contributed by atoms with Crippen molar-refractivity contribution in [3.63, 3.8) is 0 Å². The van der Waals surface area contributed by atoms with Gasteiger partial charge in [-0.25, -0.2) is 4.79 Å². The van der Waals surface area contributed by atoms with E-state index in [9.17, 15) is 4.79 Å². The number of rotatable bonds is 7. The lowest BCUT2D eigenvalue weighted by atomic mass is 9.84. The molecule has 2 heterocycles. The zero-order valence-electron chi connectivity index (χ0n) is 23.8.